The van der Waals surface area contributed by atoms with Gasteiger partial charge in [0.1, 0.15) is 0 Å². The number of unbranched alkanes of at least 4 members (excludes halogenated alkanes) is 1. The first-order valence-corrected chi connectivity index (χ1v) is 9.38. The standard InChI is InChI=1S/C21H30N4O3/c1-6-7-13-25(3)21(22-2)24-15-16-11-12-19(23-14-16)28-20-17(26-4)9-8-10-18(20)27-5/h8-12,14H,6-7,13,15H2,1-5H3,(H,22,24). The Hall–Kier alpha value is -2.96. The lowest BCUT2D eigenvalue weighted by molar-refractivity contribution is 0.342. The van der Waals surface area contributed by atoms with Crippen molar-refractivity contribution in [3.63, 3.8) is 0 Å². The highest BCUT2D eigenvalue weighted by Gasteiger charge is 2.13. The highest BCUT2D eigenvalue weighted by molar-refractivity contribution is 5.79. The van der Waals surface area contributed by atoms with Gasteiger partial charge in [-0.05, 0) is 24.1 Å². The number of hydrogen-bond acceptors (Lipinski definition) is 5. The average molecular weight is 386 g/mol. The third kappa shape index (κ3) is 5.77. The molecule has 1 aromatic heterocycles. The summed E-state index contributed by atoms with van der Waals surface area (Å²) in [5.41, 5.74) is 1.03. The molecule has 7 nitrogen and oxygen atoms in total. The van der Waals surface area contributed by atoms with Crippen LogP contribution in [-0.4, -0.2) is 50.7 Å². The summed E-state index contributed by atoms with van der Waals surface area (Å²) in [7, 11) is 7.02. The maximum Gasteiger partial charge on any atom is 0.219 e. The van der Waals surface area contributed by atoms with Crippen molar-refractivity contribution in [2.75, 3.05) is 34.9 Å². The fraction of sp³-hybridized carbons (Fsp3) is 0.429. The molecule has 0 spiro atoms. The first-order valence-electron chi connectivity index (χ1n) is 9.38. The van der Waals surface area contributed by atoms with E-state index in [0.717, 1.165) is 30.9 Å². The lowest BCUT2D eigenvalue weighted by atomic mass is 10.2. The maximum absolute atomic E-state index is 5.89. The van der Waals surface area contributed by atoms with Crippen LogP contribution in [0.5, 0.6) is 23.1 Å². The Morgan fingerprint density at radius 2 is 1.86 bits per heavy atom. The monoisotopic (exact) mass is 386 g/mol. The first-order chi connectivity index (χ1) is 13.6. The molecule has 0 amide bonds. The number of nitrogens with one attached hydrogen (secondary N) is 1. The predicted octanol–water partition coefficient (Wildman–Crippen LogP) is 3.70. The zero-order valence-corrected chi connectivity index (χ0v) is 17.4. The summed E-state index contributed by atoms with van der Waals surface area (Å²) in [5.74, 6) is 3.02. The molecule has 152 valence electrons. The van der Waals surface area contributed by atoms with Crippen LogP contribution in [0.4, 0.5) is 0 Å². The molecular weight excluding hydrogens is 356 g/mol. The molecule has 28 heavy (non-hydrogen) atoms. The third-order valence-corrected chi connectivity index (χ3v) is 4.26. The van der Waals surface area contributed by atoms with E-state index in [2.05, 4.69) is 27.1 Å². The lowest BCUT2D eigenvalue weighted by Gasteiger charge is -2.21. The Balaban J connectivity index is 2.01. The summed E-state index contributed by atoms with van der Waals surface area (Å²) in [6, 6.07) is 9.27. The average Bonchev–Trinajstić information content (AvgIpc) is 2.73. The molecule has 0 radical (unpaired) electrons. The van der Waals surface area contributed by atoms with Gasteiger partial charge in [0.05, 0.1) is 14.2 Å². The van der Waals surface area contributed by atoms with Gasteiger partial charge < -0.3 is 24.4 Å². The minimum Gasteiger partial charge on any atom is -0.493 e. The van der Waals surface area contributed by atoms with Crippen molar-refractivity contribution in [2.45, 2.75) is 26.3 Å². The van der Waals surface area contributed by atoms with Gasteiger partial charge in [-0.2, -0.15) is 0 Å². The molecule has 0 aliphatic carbocycles. The van der Waals surface area contributed by atoms with Crippen molar-refractivity contribution < 1.29 is 14.2 Å². The Morgan fingerprint density at radius 1 is 1.14 bits per heavy atom. The number of nitrogens with zero attached hydrogens (tertiary/aromatic N) is 3. The fourth-order valence-corrected chi connectivity index (χ4v) is 2.67. The van der Waals surface area contributed by atoms with E-state index in [1.807, 2.05) is 37.4 Å². The van der Waals surface area contributed by atoms with Gasteiger partial charge in [-0.15, -0.1) is 0 Å². The SMILES string of the molecule is CCCCN(C)C(=NC)NCc1ccc(Oc2c(OC)cccc2OC)nc1. The van der Waals surface area contributed by atoms with Gasteiger partial charge in [0, 0.05) is 39.4 Å². The predicted molar refractivity (Wildman–Crippen MR) is 112 cm³/mol. The number of para-hydroxylation sites is 1. The second-order valence-electron chi connectivity index (χ2n) is 6.27. The molecular formula is C21H30N4O3. The number of rotatable bonds is 9. The van der Waals surface area contributed by atoms with Gasteiger partial charge >= 0.3 is 0 Å². The highest BCUT2D eigenvalue weighted by atomic mass is 16.5. The van der Waals surface area contributed by atoms with Gasteiger partial charge in [-0.3, -0.25) is 4.99 Å². The van der Waals surface area contributed by atoms with E-state index in [0.29, 0.717) is 29.7 Å². The van der Waals surface area contributed by atoms with Crippen molar-refractivity contribution in [1.82, 2.24) is 15.2 Å². The molecule has 2 aromatic rings. The van der Waals surface area contributed by atoms with Crippen LogP contribution in [0.2, 0.25) is 0 Å². The van der Waals surface area contributed by atoms with Crippen molar-refractivity contribution in [1.29, 1.82) is 0 Å². The minimum atomic E-state index is 0.469. The van der Waals surface area contributed by atoms with E-state index >= 15 is 0 Å². The Morgan fingerprint density at radius 3 is 2.39 bits per heavy atom. The number of benzene rings is 1. The maximum atomic E-state index is 5.89. The molecule has 0 saturated carbocycles. The Kier molecular flexibility index (Phi) is 8.39. The number of aromatic nitrogens is 1. The number of aliphatic imine (C=N–C) groups is 1. The molecule has 0 aliphatic heterocycles. The summed E-state index contributed by atoms with van der Waals surface area (Å²) in [5, 5.41) is 3.36. The highest BCUT2D eigenvalue weighted by Crippen LogP contribution is 2.39. The topological polar surface area (TPSA) is 68.2 Å². The number of methoxy groups -OCH3 is 2. The van der Waals surface area contributed by atoms with Gasteiger partial charge in [-0.1, -0.05) is 25.5 Å². The van der Waals surface area contributed by atoms with Crippen LogP contribution < -0.4 is 19.5 Å². The Labute approximate surface area is 167 Å². The number of hydrogen-bond donors (Lipinski definition) is 1. The molecule has 0 bridgehead atoms. The van der Waals surface area contributed by atoms with Crippen LogP contribution in [0, 0.1) is 0 Å². The van der Waals surface area contributed by atoms with E-state index in [9.17, 15) is 0 Å². The van der Waals surface area contributed by atoms with E-state index in [-0.39, 0.29) is 0 Å². The van der Waals surface area contributed by atoms with Crippen molar-refractivity contribution in [3.05, 3.63) is 42.1 Å². The van der Waals surface area contributed by atoms with E-state index in [4.69, 9.17) is 14.2 Å². The molecule has 0 atom stereocenters. The zero-order valence-electron chi connectivity index (χ0n) is 17.4. The second-order valence-corrected chi connectivity index (χ2v) is 6.27. The molecule has 1 heterocycles. The lowest BCUT2D eigenvalue weighted by Crippen LogP contribution is -2.38. The van der Waals surface area contributed by atoms with Crippen molar-refractivity contribution >= 4 is 5.96 Å². The summed E-state index contributed by atoms with van der Waals surface area (Å²) >= 11 is 0. The van der Waals surface area contributed by atoms with Crippen LogP contribution in [0.15, 0.2) is 41.5 Å². The molecule has 1 aromatic carbocycles. The van der Waals surface area contributed by atoms with Gasteiger partial charge in [0.2, 0.25) is 11.6 Å². The molecule has 2 rings (SSSR count). The molecule has 0 aliphatic rings. The van der Waals surface area contributed by atoms with E-state index in [1.165, 1.54) is 0 Å². The number of guanidine groups is 1. The largest absolute Gasteiger partial charge is 0.493 e. The number of pyridine rings is 1. The third-order valence-electron chi connectivity index (χ3n) is 4.26. The molecule has 0 saturated heterocycles. The van der Waals surface area contributed by atoms with Crippen molar-refractivity contribution in [3.8, 4) is 23.1 Å². The van der Waals surface area contributed by atoms with Crippen LogP contribution in [0.25, 0.3) is 0 Å². The van der Waals surface area contributed by atoms with Gasteiger partial charge in [0.25, 0.3) is 0 Å². The van der Waals surface area contributed by atoms with Crippen LogP contribution >= 0.6 is 0 Å². The van der Waals surface area contributed by atoms with Crippen molar-refractivity contribution in [2.24, 2.45) is 4.99 Å². The minimum absolute atomic E-state index is 0.469. The molecule has 0 unspecified atom stereocenters. The summed E-state index contributed by atoms with van der Waals surface area (Å²) in [4.78, 5) is 10.8. The normalized spacial score (nSPS) is 11.1. The van der Waals surface area contributed by atoms with Crippen LogP contribution in [-0.2, 0) is 6.54 Å². The summed E-state index contributed by atoms with van der Waals surface area (Å²) < 4.78 is 16.6. The van der Waals surface area contributed by atoms with Crippen LogP contribution in [0.1, 0.15) is 25.3 Å². The number of ether oxygens (including phenoxy) is 3. The van der Waals surface area contributed by atoms with Gasteiger partial charge in [-0.25, -0.2) is 4.98 Å². The summed E-state index contributed by atoms with van der Waals surface area (Å²) in [6.07, 6.45) is 4.07. The molecule has 1 N–H and O–H groups in total. The molecule has 7 heteroatoms. The Bertz CT molecular complexity index is 740. The van der Waals surface area contributed by atoms with E-state index in [1.54, 1.807) is 27.5 Å². The molecule has 0 fully saturated rings. The first kappa shape index (κ1) is 21.3. The fourth-order valence-electron chi connectivity index (χ4n) is 2.67. The van der Waals surface area contributed by atoms with E-state index < -0.39 is 0 Å². The second kappa shape index (κ2) is 11.0. The quantitative estimate of drug-likeness (QED) is 0.524. The summed E-state index contributed by atoms with van der Waals surface area (Å²) in [6.45, 7) is 3.79. The zero-order chi connectivity index (χ0) is 20.4. The smallest absolute Gasteiger partial charge is 0.219 e. The van der Waals surface area contributed by atoms with Crippen LogP contribution in [0.3, 0.4) is 0 Å². The van der Waals surface area contributed by atoms with Gasteiger partial charge in [0.15, 0.2) is 17.5 Å².